The van der Waals surface area contributed by atoms with E-state index in [0.29, 0.717) is 0 Å². The van der Waals surface area contributed by atoms with Crippen molar-refractivity contribution in [2.45, 2.75) is 32.2 Å². The van der Waals surface area contributed by atoms with Crippen molar-refractivity contribution < 1.29 is 4.74 Å². The van der Waals surface area contributed by atoms with Crippen molar-refractivity contribution in [3.05, 3.63) is 35.4 Å². The minimum absolute atomic E-state index is 0.252. The number of ether oxygens (including phenoxy) is 1. The van der Waals surface area contributed by atoms with Gasteiger partial charge in [0.1, 0.15) is 0 Å². The van der Waals surface area contributed by atoms with E-state index in [9.17, 15) is 0 Å². The summed E-state index contributed by atoms with van der Waals surface area (Å²) in [6, 6.07) is 8.80. The van der Waals surface area contributed by atoms with Crippen LogP contribution >= 0.6 is 0 Å². The van der Waals surface area contributed by atoms with Gasteiger partial charge in [0.25, 0.3) is 0 Å². The summed E-state index contributed by atoms with van der Waals surface area (Å²) in [6.07, 6.45) is 3.04. The van der Waals surface area contributed by atoms with Gasteiger partial charge in [0.15, 0.2) is 0 Å². The molecular formula is C13H21NO. The fraction of sp³-hybridized carbons (Fsp3) is 0.538. The molecule has 1 aromatic carbocycles. The van der Waals surface area contributed by atoms with Gasteiger partial charge in [-0.25, -0.2) is 0 Å². The van der Waals surface area contributed by atoms with Crippen molar-refractivity contribution in [1.29, 1.82) is 0 Å². The number of benzene rings is 1. The topological polar surface area (TPSA) is 35.2 Å². The SMILES string of the molecule is COCCCC(N)Cc1cccc(C)c1. The lowest BCUT2D eigenvalue weighted by molar-refractivity contribution is 0.190. The van der Waals surface area contributed by atoms with Crippen molar-refractivity contribution in [1.82, 2.24) is 0 Å². The first kappa shape index (κ1) is 12.2. The van der Waals surface area contributed by atoms with Crippen molar-refractivity contribution in [3.63, 3.8) is 0 Å². The molecule has 1 atom stereocenters. The van der Waals surface area contributed by atoms with E-state index in [-0.39, 0.29) is 6.04 Å². The molecule has 15 heavy (non-hydrogen) atoms. The summed E-state index contributed by atoms with van der Waals surface area (Å²) < 4.78 is 5.01. The first-order chi connectivity index (χ1) is 7.22. The fourth-order valence-electron chi connectivity index (χ4n) is 1.73. The average molecular weight is 207 g/mol. The molecule has 0 bridgehead atoms. The molecule has 0 heterocycles. The average Bonchev–Trinajstić information content (AvgIpc) is 2.18. The molecule has 0 aromatic heterocycles. The maximum absolute atomic E-state index is 6.04. The molecule has 1 aromatic rings. The Kier molecular flexibility index (Phi) is 5.37. The minimum Gasteiger partial charge on any atom is -0.385 e. The van der Waals surface area contributed by atoms with Crippen LogP contribution in [0.1, 0.15) is 24.0 Å². The highest BCUT2D eigenvalue weighted by Crippen LogP contribution is 2.08. The molecular weight excluding hydrogens is 186 g/mol. The highest BCUT2D eigenvalue weighted by atomic mass is 16.5. The van der Waals surface area contributed by atoms with Gasteiger partial charge in [0, 0.05) is 19.8 Å². The van der Waals surface area contributed by atoms with Gasteiger partial charge in [0.05, 0.1) is 0 Å². The fourth-order valence-corrected chi connectivity index (χ4v) is 1.73. The number of hydrogen-bond donors (Lipinski definition) is 1. The zero-order chi connectivity index (χ0) is 11.1. The van der Waals surface area contributed by atoms with Crippen LogP contribution in [0.4, 0.5) is 0 Å². The van der Waals surface area contributed by atoms with Crippen LogP contribution in [0, 0.1) is 6.92 Å². The van der Waals surface area contributed by atoms with Crippen molar-refractivity contribution >= 4 is 0 Å². The summed E-state index contributed by atoms with van der Waals surface area (Å²) in [5, 5.41) is 0. The lowest BCUT2D eigenvalue weighted by Gasteiger charge is -2.11. The molecule has 0 spiro atoms. The van der Waals surface area contributed by atoms with Crippen LogP contribution in [-0.2, 0) is 11.2 Å². The largest absolute Gasteiger partial charge is 0.385 e. The van der Waals surface area contributed by atoms with E-state index in [1.807, 2.05) is 0 Å². The third-order valence-corrected chi connectivity index (χ3v) is 2.50. The normalized spacial score (nSPS) is 12.7. The molecule has 0 aliphatic rings. The Hall–Kier alpha value is -0.860. The monoisotopic (exact) mass is 207 g/mol. The standard InChI is InChI=1S/C13H21NO/c1-11-5-3-6-12(9-11)10-13(14)7-4-8-15-2/h3,5-6,9,13H,4,7-8,10,14H2,1-2H3. The van der Waals surface area contributed by atoms with Crippen LogP contribution in [0.5, 0.6) is 0 Å². The maximum Gasteiger partial charge on any atom is 0.0462 e. The Morgan fingerprint density at radius 1 is 1.40 bits per heavy atom. The molecule has 0 fully saturated rings. The summed E-state index contributed by atoms with van der Waals surface area (Å²) in [6.45, 7) is 2.92. The molecule has 0 radical (unpaired) electrons. The summed E-state index contributed by atoms with van der Waals surface area (Å²) in [7, 11) is 1.73. The number of methoxy groups -OCH3 is 1. The van der Waals surface area contributed by atoms with Crippen LogP contribution in [-0.4, -0.2) is 19.8 Å². The first-order valence-electron chi connectivity index (χ1n) is 5.52. The van der Waals surface area contributed by atoms with Crippen LogP contribution in [0.3, 0.4) is 0 Å². The number of nitrogens with two attached hydrogens (primary N) is 1. The quantitative estimate of drug-likeness (QED) is 0.726. The molecule has 1 unspecified atom stereocenters. The van der Waals surface area contributed by atoms with Crippen LogP contribution in [0.15, 0.2) is 24.3 Å². The molecule has 2 heteroatoms. The Morgan fingerprint density at radius 2 is 2.20 bits per heavy atom. The number of hydrogen-bond acceptors (Lipinski definition) is 2. The van der Waals surface area contributed by atoms with Crippen LogP contribution in [0.25, 0.3) is 0 Å². The Bertz CT molecular complexity index is 286. The van der Waals surface area contributed by atoms with Gasteiger partial charge in [-0.05, 0) is 31.7 Å². The third-order valence-electron chi connectivity index (χ3n) is 2.50. The Labute approximate surface area is 92.4 Å². The van der Waals surface area contributed by atoms with E-state index in [1.165, 1.54) is 11.1 Å². The van der Waals surface area contributed by atoms with Crippen molar-refractivity contribution in [3.8, 4) is 0 Å². The van der Waals surface area contributed by atoms with Crippen molar-refractivity contribution in [2.75, 3.05) is 13.7 Å². The molecule has 0 saturated carbocycles. The predicted octanol–water partition coefficient (Wildman–Crippen LogP) is 2.29. The van der Waals surface area contributed by atoms with Crippen LogP contribution in [0.2, 0.25) is 0 Å². The van der Waals surface area contributed by atoms with Gasteiger partial charge in [-0.2, -0.15) is 0 Å². The van der Waals surface area contributed by atoms with Gasteiger partial charge < -0.3 is 10.5 Å². The second-order valence-electron chi connectivity index (χ2n) is 4.09. The van der Waals surface area contributed by atoms with Crippen LogP contribution < -0.4 is 5.73 Å². The van der Waals surface area contributed by atoms with E-state index < -0.39 is 0 Å². The summed E-state index contributed by atoms with van der Waals surface area (Å²) in [5.74, 6) is 0. The van der Waals surface area contributed by atoms with E-state index >= 15 is 0 Å². The summed E-state index contributed by atoms with van der Waals surface area (Å²) in [5.41, 5.74) is 8.68. The summed E-state index contributed by atoms with van der Waals surface area (Å²) >= 11 is 0. The van der Waals surface area contributed by atoms with Gasteiger partial charge in [-0.1, -0.05) is 29.8 Å². The Balaban J connectivity index is 2.34. The minimum atomic E-state index is 0.252. The summed E-state index contributed by atoms with van der Waals surface area (Å²) in [4.78, 5) is 0. The van der Waals surface area contributed by atoms with E-state index in [1.54, 1.807) is 7.11 Å². The van der Waals surface area contributed by atoms with Gasteiger partial charge in [-0.3, -0.25) is 0 Å². The molecule has 0 saturated heterocycles. The molecule has 0 aliphatic heterocycles. The second-order valence-corrected chi connectivity index (χ2v) is 4.09. The number of aryl methyl sites for hydroxylation is 1. The highest BCUT2D eigenvalue weighted by molar-refractivity contribution is 5.22. The van der Waals surface area contributed by atoms with Crippen molar-refractivity contribution in [2.24, 2.45) is 5.73 Å². The second kappa shape index (κ2) is 6.59. The van der Waals surface area contributed by atoms with E-state index in [4.69, 9.17) is 10.5 Å². The lowest BCUT2D eigenvalue weighted by atomic mass is 10.0. The molecule has 1 rings (SSSR count). The molecule has 0 amide bonds. The first-order valence-corrected chi connectivity index (χ1v) is 5.52. The smallest absolute Gasteiger partial charge is 0.0462 e. The zero-order valence-electron chi connectivity index (χ0n) is 9.70. The molecule has 2 nitrogen and oxygen atoms in total. The molecule has 2 N–H and O–H groups in total. The van der Waals surface area contributed by atoms with Gasteiger partial charge >= 0.3 is 0 Å². The lowest BCUT2D eigenvalue weighted by Crippen LogP contribution is -2.23. The van der Waals surface area contributed by atoms with E-state index in [2.05, 4.69) is 31.2 Å². The Morgan fingerprint density at radius 3 is 2.87 bits per heavy atom. The predicted molar refractivity (Wildman–Crippen MR) is 64.0 cm³/mol. The third kappa shape index (κ3) is 4.96. The maximum atomic E-state index is 6.04. The molecule has 84 valence electrons. The van der Waals surface area contributed by atoms with E-state index in [0.717, 1.165) is 25.9 Å². The van der Waals surface area contributed by atoms with Gasteiger partial charge in [0.2, 0.25) is 0 Å². The number of rotatable bonds is 6. The zero-order valence-corrected chi connectivity index (χ0v) is 9.70. The highest BCUT2D eigenvalue weighted by Gasteiger charge is 2.03. The molecule has 0 aliphatic carbocycles. The van der Waals surface area contributed by atoms with Gasteiger partial charge in [-0.15, -0.1) is 0 Å².